The van der Waals surface area contributed by atoms with E-state index in [0.29, 0.717) is 0 Å². The average molecular weight is 386 g/mol. The third-order valence-electron chi connectivity index (χ3n) is 3.68. The van der Waals surface area contributed by atoms with Gasteiger partial charge in [-0.25, -0.2) is 14.6 Å². The van der Waals surface area contributed by atoms with Gasteiger partial charge in [-0.05, 0) is 44.3 Å². The molecule has 0 saturated heterocycles. The predicted molar refractivity (Wildman–Crippen MR) is 104 cm³/mol. The van der Waals surface area contributed by atoms with Crippen molar-refractivity contribution in [1.29, 1.82) is 0 Å². The number of thioether (sulfide) groups is 1. The Kier molecular flexibility index (Phi) is 4.41. The zero-order chi connectivity index (χ0) is 17.4. The molecule has 0 bridgehead atoms. The number of nitrogens with zero attached hydrogens (tertiary/aromatic N) is 5. The Bertz CT molecular complexity index is 1090. The second-order valence-electron chi connectivity index (χ2n) is 5.61. The van der Waals surface area contributed by atoms with Gasteiger partial charge in [-0.1, -0.05) is 41.3 Å². The van der Waals surface area contributed by atoms with Crippen LogP contribution in [0.4, 0.5) is 0 Å². The van der Waals surface area contributed by atoms with Gasteiger partial charge in [-0.15, -0.1) is 5.10 Å². The summed E-state index contributed by atoms with van der Waals surface area (Å²) < 4.78 is 5.51. The second kappa shape index (κ2) is 6.70. The summed E-state index contributed by atoms with van der Waals surface area (Å²) in [6, 6.07) is 12.0. The molecule has 0 aliphatic heterocycles. The Morgan fingerprint density at radius 2 is 1.96 bits per heavy atom. The molecule has 0 N–H and O–H groups in total. The molecule has 3 aromatic heterocycles. The first-order valence-electron chi connectivity index (χ1n) is 7.71. The molecule has 0 spiro atoms. The molecule has 8 heteroatoms. The van der Waals surface area contributed by atoms with Gasteiger partial charge < -0.3 is 0 Å². The fraction of sp³-hybridized carbons (Fsp3) is 0.176. The van der Waals surface area contributed by atoms with Gasteiger partial charge in [0.2, 0.25) is 5.78 Å². The number of aromatic nitrogens is 5. The molecular formula is C17H15N5S3. The molecule has 1 aromatic carbocycles. The van der Waals surface area contributed by atoms with Gasteiger partial charge in [-0.3, -0.25) is 4.40 Å². The molecule has 4 rings (SSSR count). The summed E-state index contributed by atoms with van der Waals surface area (Å²) in [5, 5.41) is 4.62. The molecule has 3 heterocycles. The molecule has 0 fully saturated rings. The van der Waals surface area contributed by atoms with Crippen molar-refractivity contribution in [2.24, 2.45) is 0 Å². The standard InChI is InChI=1S/C17H15N5S3/c1-11-8-12(2)21-9-13(19-15(21)18-11)10-24-16-20-22(17(23)25-16)14-6-4-3-5-7-14/h3-9H,10H2,1-2H3. The fourth-order valence-electron chi connectivity index (χ4n) is 2.57. The molecule has 4 aromatic rings. The zero-order valence-electron chi connectivity index (χ0n) is 13.7. The lowest BCUT2D eigenvalue weighted by molar-refractivity contribution is 0.829. The van der Waals surface area contributed by atoms with Crippen LogP contribution in [0.3, 0.4) is 0 Å². The van der Waals surface area contributed by atoms with Crippen LogP contribution in [-0.4, -0.2) is 24.1 Å². The zero-order valence-corrected chi connectivity index (χ0v) is 16.2. The summed E-state index contributed by atoms with van der Waals surface area (Å²) in [5.41, 5.74) is 4.09. The maximum Gasteiger partial charge on any atom is 0.234 e. The monoisotopic (exact) mass is 385 g/mol. The number of benzene rings is 1. The molecule has 0 unspecified atom stereocenters. The van der Waals surface area contributed by atoms with Crippen LogP contribution in [-0.2, 0) is 5.75 Å². The molecule has 5 nitrogen and oxygen atoms in total. The Hall–Kier alpha value is -2.03. The molecule has 0 radical (unpaired) electrons. The lowest BCUT2D eigenvalue weighted by Gasteiger charge is -1.99. The highest BCUT2D eigenvalue weighted by molar-refractivity contribution is 8.00. The van der Waals surface area contributed by atoms with Crippen LogP contribution in [0.2, 0.25) is 0 Å². The van der Waals surface area contributed by atoms with Crippen molar-refractivity contribution in [3.63, 3.8) is 0 Å². The first-order chi connectivity index (χ1) is 12.1. The number of rotatable bonds is 4. The van der Waals surface area contributed by atoms with E-state index in [1.807, 2.05) is 47.9 Å². The smallest absolute Gasteiger partial charge is 0.234 e. The van der Waals surface area contributed by atoms with E-state index in [4.69, 9.17) is 12.2 Å². The number of para-hydroxylation sites is 1. The minimum atomic E-state index is 0.735. The van der Waals surface area contributed by atoms with E-state index >= 15 is 0 Å². The lowest BCUT2D eigenvalue weighted by atomic mass is 10.3. The fourth-order valence-corrected chi connectivity index (χ4v) is 4.82. The summed E-state index contributed by atoms with van der Waals surface area (Å²) in [4.78, 5) is 9.09. The molecule has 0 amide bonds. The lowest BCUT2D eigenvalue weighted by Crippen LogP contribution is -1.95. The molecule has 0 saturated carbocycles. The van der Waals surface area contributed by atoms with Crippen LogP contribution in [0, 0.1) is 17.8 Å². The van der Waals surface area contributed by atoms with Gasteiger partial charge in [0.1, 0.15) is 0 Å². The van der Waals surface area contributed by atoms with Gasteiger partial charge >= 0.3 is 0 Å². The Labute approximate surface area is 158 Å². The largest absolute Gasteiger partial charge is 0.288 e. The van der Waals surface area contributed by atoms with Crippen LogP contribution in [0.25, 0.3) is 11.5 Å². The topological polar surface area (TPSA) is 48.0 Å². The van der Waals surface area contributed by atoms with E-state index in [0.717, 1.165) is 42.6 Å². The minimum absolute atomic E-state index is 0.735. The molecule has 25 heavy (non-hydrogen) atoms. The van der Waals surface area contributed by atoms with Gasteiger partial charge in [0.05, 0.1) is 11.4 Å². The van der Waals surface area contributed by atoms with Crippen molar-refractivity contribution < 1.29 is 0 Å². The van der Waals surface area contributed by atoms with Crippen LogP contribution >= 0.6 is 35.3 Å². The van der Waals surface area contributed by atoms with E-state index in [-0.39, 0.29) is 0 Å². The van der Waals surface area contributed by atoms with Crippen LogP contribution < -0.4 is 0 Å². The van der Waals surface area contributed by atoms with Crippen molar-refractivity contribution >= 4 is 41.1 Å². The maximum absolute atomic E-state index is 5.45. The van der Waals surface area contributed by atoms with Gasteiger partial charge in [-0.2, -0.15) is 0 Å². The number of hydrogen-bond donors (Lipinski definition) is 0. The Balaban J connectivity index is 1.56. The summed E-state index contributed by atoms with van der Waals surface area (Å²) in [5.74, 6) is 1.48. The summed E-state index contributed by atoms with van der Waals surface area (Å²) in [6.45, 7) is 4.05. The molecular weight excluding hydrogens is 370 g/mol. The van der Waals surface area contributed by atoms with Crippen LogP contribution in [0.15, 0.2) is 46.9 Å². The number of aryl methyl sites for hydroxylation is 2. The summed E-state index contributed by atoms with van der Waals surface area (Å²) >= 11 is 8.61. The number of imidazole rings is 1. The van der Waals surface area contributed by atoms with E-state index in [2.05, 4.69) is 28.1 Å². The van der Waals surface area contributed by atoms with Crippen molar-refractivity contribution in [1.82, 2.24) is 24.1 Å². The highest BCUT2D eigenvalue weighted by atomic mass is 32.2. The van der Waals surface area contributed by atoms with Crippen molar-refractivity contribution in [3.05, 3.63) is 63.6 Å². The number of fused-ring (bicyclic) bond motifs is 1. The first kappa shape index (κ1) is 16.4. The van der Waals surface area contributed by atoms with E-state index in [9.17, 15) is 0 Å². The van der Waals surface area contributed by atoms with Crippen LogP contribution in [0.5, 0.6) is 0 Å². The SMILES string of the molecule is Cc1cc(C)n2cc(CSc3nn(-c4ccccc4)c(=S)s3)nc2n1. The van der Waals surface area contributed by atoms with Gasteiger partial charge in [0, 0.05) is 23.3 Å². The molecule has 0 atom stereocenters. The van der Waals surface area contributed by atoms with Crippen molar-refractivity contribution in [2.75, 3.05) is 0 Å². The quantitative estimate of drug-likeness (QED) is 0.379. The maximum atomic E-state index is 5.45. The van der Waals surface area contributed by atoms with Crippen LogP contribution in [0.1, 0.15) is 17.1 Å². The van der Waals surface area contributed by atoms with Crippen molar-refractivity contribution in [3.8, 4) is 5.69 Å². The third-order valence-corrected chi connectivity index (χ3v) is 6.08. The highest BCUT2D eigenvalue weighted by Crippen LogP contribution is 2.27. The summed E-state index contributed by atoms with van der Waals surface area (Å²) in [6.07, 6.45) is 2.04. The first-order valence-corrected chi connectivity index (χ1v) is 9.92. The third kappa shape index (κ3) is 3.37. The second-order valence-corrected chi connectivity index (χ2v) is 8.46. The van der Waals surface area contributed by atoms with E-state index < -0.39 is 0 Å². The number of hydrogen-bond acceptors (Lipinski definition) is 6. The predicted octanol–water partition coefficient (Wildman–Crippen LogP) is 4.62. The highest BCUT2D eigenvalue weighted by Gasteiger charge is 2.10. The molecule has 0 aliphatic carbocycles. The average Bonchev–Trinajstić information content (AvgIpc) is 3.17. The Morgan fingerprint density at radius 3 is 2.76 bits per heavy atom. The summed E-state index contributed by atoms with van der Waals surface area (Å²) in [7, 11) is 0. The van der Waals surface area contributed by atoms with E-state index in [1.54, 1.807) is 16.4 Å². The van der Waals surface area contributed by atoms with E-state index in [1.165, 1.54) is 11.3 Å². The van der Waals surface area contributed by atoms with Crippen molar-refractivity contribution in [2.45, 2.75) is 23.9 Å². The van der Waals surface area contributed by atoms with Gasteiger partial charge in [0.15, 0.2) is 8.29 Å². The van der Waals surface area contributed by atoms with Gasteiger partial charge in [0.25, 0.3) is 0 Å². The molecule has 126 valence electrons. The normalized spacial score (nSPS) is 11.3. The minimum Gasteiger partial charge on any atom is -0.288 e. The molecule has 0 aliphatic rings. The Morgan fingerprint density at radius 1 is 1.16 bits per heavy atom.